The van der Waals surface area contributed by atoms with E-state index in [-0.39, 0.29) is 35.5 Å². The number of hydrogen-bond acceptors (Lipinski definition) is 8. The van der Waals surface area contributed by atoms with E-state index in [1.165, 1.54) is 0 Å². The first-order valence-corrected chi connectivity index (χ1v) is 12.8. The number of methoxy groups -OCH3 is 2. The molecule has 0 aliphatic heterocycles. The summed E-state index contributed by atoms with van der Waals surface area (Å²) in [5, 5.41) is 9.72. The molecule has 1 aliphatic carbocycles. The number of aromatic nitrogens is 3. The largest absolute Gasteiger partial charge is 0.481 e. The summed E-state index contributed by atoms with van der Waals surface area (Å²) in [6.45, 7) is 6.03. The maximum Gasteiger partial charge on any atom is 0.230 e. The summed E-state index contributed by atoms with van der Waals surface area (Å²) in [7, 11) is 3.09. The van der Waals surface area contributed by atoms with E-state index in [2.05, 4.69) is 25.8 Å². The Balaban J connectivity index is 1.38. The molecule has 10 nitrogen and oxygen atoms in total. The van der Waals surface area contributed by atoms with Gasteiger partial charge < -0.3 is 24.6 Å². The molecule has 2 aromatic heterocycles. The zero-order valence-electron chi connectivity index (χ0n) is 22.5. The summed E-state index contributed by atoms with van der Waals surface area (Å²) in [4.78, 5) is 34.8. The number of nitrogens with one attached hydrogen (secondary N) is 2. The van der Waals surface area contributed by atoms with E-state index in [9.17, 15) is 9.59 Å². The van der Waals surface area contributed by atoms with Crippen molar-refractivity contribution in [3.8, 4) is 11.8 Å². The van der Waals surface area contributed by atoms with Crippen LogP contribution in [0.3, 0.4) is 0 Å². The fourth-order valence-corrected chi connectivity index (χ4v) is 4.55. The SMILES string of the molecule is COc1cc(OC)nc(C2CCCCC2C(=O)Nc2ccc(CC(=O)Nc3cc(C(C)(C)C)on3)cc2)n1. The minimum absolute atomic E-state index is 0.0775. The number of ether oxygens (including phenoxy) is 2. The molecule has 0 radical (unpaired) electrons. The van der Waals surface area contributed by atoms with Crippen LogP contribution in [-0.4, -0.2) is 41.2 Å². The van der Waals surface area contributed by atoms with Crippen molar-refractivity contribution in [1.82, 2.24) is 15.1 Å². The van der Waals surface area contributed by atoms with Crippen LogP contribution in [0.1, 0.15) is 69.5 Å². The molecule has 0 bridgehead atoms. The molecule has 1 aliphatic rings. The summed E-state index contributed by atoms with van der Waals surface area (Å²) in [6, 6.07) is 10.6. The van der Waals surface area contributed by atoms with Crippen molar-refractivity contribution >= 4 is 23.3 Å². The molecule has 202 valence electrons. The molecule has 4 rings (SSSR count). The van der Waals surface area contributed by atoms with Crippen molar-refractivity contribution in [1.29, 1.82) is 0 Å². The van der Waals surface area contributed by atoms with Crippen LogP contribution in [0.5, 0.6) is 11.8 Å². The number of nitrogens with zero attached hydrogens (tertiary/aromatic N) is 3. The molecular formula is C28H35N5O5. The van der Waals surface area contributed by atoms with Gasteiger partial charge in [0.25, 0.3) is 0 Å². The number of amides is 2. The highest BCUT2D eigenvalue weighted by Crippen LogP contribution is 2.38. The van der Waals surface area contributed by atoms with Gasteiger partial charge in [-0.25, -0.2) is 0 Å². The Labute approximate surface area is 222 Å². The lowest BCUT2D eigenvalue weighted by Crippen LogP contribution is -2.31. The number of benzene rings is 1. The predicted molar refractivity (Wildman–Crippen MR) is 142 cm³/mol. The lowest BCUT2D eigenvalue weighted by atomic mass is 9.78. The summed E-state index contributed by atoms with van der Waals surface area (Å²) in [6.07, 6.45) is 3.69. The Morgan fingerprint density at radius 2 is 1.63 bits per heavy atom. The third-order valence-electron chi connectivity index (χ3n) is 6.65. The Morgan fingerprint density at radius 1 is 0.974 bits per heavy atom. The average molecular weight is 522 g/mol. The van der Waals surface area contributed by atoms with Crippen molar-refractivity contribution < 1.29 is 23.6 Å². The van der Waals surface area contributed by atoms with E-state index >= 15 is 0 Å². The van der Waals surface area contributed by atoms with Crippen LogP contribution in [0.15, 0.2) is 40.9 Å². The van der Waals surface area contributed by atoms with Gasteiger partial charge >= 0.3 is 0 Å². The predicted octanol–water partition coefficient (Wildman–Crippen LogP) is 4.87. The molecule has 2 heterocycles. The second kappa shape index (κ2) is 11.6. The van der Waals surface area contributed by atoms with E-state index in [4.69, 9.17) is 14.0 Å². The Hall–Kier alpha value is -3.95. The Morgan fingerprint density at radius 3 is 2.24 bits per heavy atom. The van der Waals surface area contributed by atoms with Crippen LogP contribution in [0.2, 0.25) is 0 Å². The summed E-state index contributed by atoms with van der Waals surface area (Å²) in [5.41, 5.74) is 1.29. The fourth-order valence-electron chi connectivity index (χ4n) is 4.55. The van der Waals surface area contributed by atoms with Gasteiger partial charge in [0.1, 0.15) is 11.6 Å². The van der Waals surface area contributed by atoms with Crippen LogP contribution >= 0.6 is 0 Å². The maximum atomic E-state index is 13.3. The van der Waals surface area contributed by atoms with Gasteiger partial charge in [-0.05, 0) is 30.5 Å². The Bertz CT molecular complexity index is 1240. The number of anilines is 2. The van der Waals surface area contributed by atoms with Crippen molar-refractivity contribution in [3.63, 3.8) is 0 Å². The first-order chi connectivity index (χ1) is 18.2. The third kappa shape index (κ3) is 6.67. The molecule has 2 atom stereocenters. The van der Waals surface area contributed by atoms with Crippen molar-refractivity contribution in [2.75, 3.05) is 24.9 Å². The monoisotopic (exact) mass is 521 g/mol. The number of carbonyl (C=O) groups is 2. The minimum atomic E-state index is -0.272. The highest BCUT2D eigenvalue weighted by atomic mass is 16.5. The zero-order valence-corrected chi connectivity index (χ0v) is 22.5. The summed E-state index contributed by atoms with van der Waals surface area (Å²) < 4.78 is 15.9. The lowest BCUT2D eigenvalue weighted by Gasteiger charge is -2.29. The number of hydrogen-bond donors (Lipinski definition) is 2. The number of carbonyl (C=O) groups excluding carboxylic acids is 2. The molecule has 1 saturated carbocycles. The van der Waals surface area contributed by atoms with Crippen LogP contribution in [0.4, 0.5) is 11.5 Å². The third-order valence-corrected chi connectivity index (χ3v) is 6.65. The second-order valence-corrected chi connectivity index (χ2v) is 10.5. The van der Waals surface area contributed by atoms with Gasteiger partial charge in [0.15, 0.2) is 5.82 Å². The topological polar surface area (TPSA) is 128 Å². The van der Waals surface area contributed by atoms with E-state index < -0.39 is 0 Å². The van der Waals surface area contributed by atoms with Gasteiger partial charge in [0.05, 0.1) is 26.7 Å². The molecule has 10 heteroatoms. The first-order valence-electron chi connectivity index (χ1n) is 12.8. The smallest absolute Gasteiger partial charge is 0.230 e. The second-order valence-electron chi connectivity index (χ2n) is 10.5. The van der Waals surface area contributed by atoms with Crippen LogP contribution in [0.25, 0.3) is 0 Å². The maximum absolute atomic E-state index is 13.3. The van der Waals surface area contributed by atoms with E-state index in [1.54, 1.807) is 38.5 Å². The molecule has 1 fully saturated rings. The zero-order chi connectivity index (χ0) is 27.3. The van der Waals surface area contributed by atoms with Gasteiger partial charge in [-0.1, -0.05) is 50.9 Å². The number of rotatable bonds is 8. The van der Waals surface area contributed by atoms with Gasteiger partial charge in [-0.2, -0.15) is 9.97 Å². The summed E-state index contributed by atoms with van der Waals surface area (Å²) in [5.74, 6) is 1.79. The van der Waals surface area contributed by atoms with Crippen LogP contribution in [0, 0.1) is 5.92 Å². The molecular weight excluding hydrogens is 486 g/mol. The van der Waals surface area contributed by atoms with Crippen LogP contribution < -0.4 is 20.1 Å². The van der Waals surface area contributed by atoms with E-state index in [0.29, 0.717) is 34.8 Å². The molecule has 3 aromatic rings. The molecule has 2 N–H and O–H groups in total. The van der Waals surface area contributed by atoms with Gasteiger partial charge in [-0.15, -0.1) is 0 Å². The Kier molecular flexibility index (Phi) is 8.29. The van der Waals surface area contributed by atoms with E-state index in [0.717, 1.165) is 31.2 Å². The molecule has 0 saturated heterocycles. The molecule has 2 amide bonds. The summed E-state index contributed by atoms with van der Waals surface area (Å²) >= 11 is 0. The van der Waals surface area contributed by atoms with Gasteiger partial charge in [-0.3, -0.25) is 9.59 Å². The quantitative estimate of drug-likeness (QED) is 0.429. The highest BCUT2D eigenvalue weighted by molar-refractivity contribution is 5.94. The van der Waals surface area contributed by atoms with Crippen molar-refractivity contribution in [2.24, 2.45) is 5.92 Å². The van der Waals surface area contributed by atoms with E-state index in [1.807, 2.05) is 32.9 Å². The standard InChI is InChI=1S/C28H35N5O5/c1-28(2,3)21-15-22(33-38-21)30-23(34)14-17-10-12-18(13-11-17)29-27(35)20-9-7-6-8-19(20)26-31-24(36-4)16-25(32-26)37-5/h10-13,15-16,19-20H,6-9,14H2,1-5H3,(H,29,35)(H,30,33,34). The van der Waals surface area contributed by atoms with Crippen LogP contribution in [-0.2, 0) is 21.4 Å². The van der Waals surface area contributed by atoms with Crippen molar-refractivity contribution in [3.05, 3.63) is 53.5 Å². The first kappa shape index (κ1) is 27.1. The fraction of sp³-hybridized carbons (Fsp3) is 0.464. The average Bonchev–Trinajstić information content (AvgIpc) is 3.38. The highest BCUT2D eigenvalue weighted by Gasteiger charge is 2.34. The minimum Gasteiger partial charge on any atom is -0.481 e. The normalized spacial score (nSPS) is 17.5. The van der Waals surface area contributed by atoms with Crippen molar-refractivity contribution in [2.45, 2.75) is 64.2 Å². The van der Waals surface area contributed by atoms with Gasteiger partial charge in [0, 0.05) is 29.0 Å². The molecule has 0 spiro atoms. The molecule has 38 heavy (non-hydrogen) atoms. The molecule has 2 unspecified atom stereocenters. The van der Waals surface area contributed by atoms with Gasteiger partial charge in [0.2, 0.25) is 23.6 Å². The lowest BCUT2D eigenvalue weighted by molar-refractivity contribution is -0.121. The molecule has 1 aromatic carbocycles.